The number of hydrogen-bond donors (Lipinski definition) is 3. The molecule has 0 unspecified atom stereocenters. The predicted octanol–water partition coefficient (Wildman–Crippen LogP) is -2.05. The second-order valence-electron chi connectivity index (χ2n) is 4.88. The van der Waals surface area contributed by atoms with E-state index < -0.39 is 47.0 Å². The summed E-state index contributed by atoms with van der Waals surface area (Å²) < 4.78 is 9.71. The van der Waals surface area contributed by atoms with Crippen molar-refractivity contribution in [1.29, 1.82) is 0 Å². The molecule has 3 N–H and O–H groups in total. The Balaban J connectivity index is 3.67. The molecule has 1 aliphatic rings. The standard InChI is InChI=1S/C12H18O8/c1-6(13)10(16)5-20-9(19-4)11(17,7(2)14)12(10,18)8(3)15/h9,16-18H,5H2,1-4H3/t9-,10-,11+,12+/m0/s1. The lowest BCUT2D eigenvalue weighted by Crippen LogP contribution is -2.83. The van der Waals surface area contributed by atoms with Crippen LogP contribution < -0.4 is 0 Å². The van der Waals surface area contributed by atoms with Crippen molar-refractivity contribution in [3.63, 3.8) is 0 Å². The molecule has 114 valence electrons. The topological polar surface area (TPSA) is 130 Å². The summed E-state index contributed by atoms with van der Waals surface area (Å²) in [7, 11) is 1.08. The minimum atomic E-state index is -3.07. The summed E-state index contributed by atoms with van der Waals surface area (Å²) in [5, 5.41) is 31.4. The van der Waals surface area contributed by atoms with Gasteiger partial charge in [0, 0.05) is 7.11 Å². The summed E-state index contributed by atoms with van der Waals surface area (Å²) in [6.45, 7) is 1.84. The first-order valence-corrected chi connectivity index (χ1v) is 5.84. The molecular formula is C12H18O8. The van der Waals surface area contributed by atoms with Gasteiger partial charge in [-0.25, -0.2) is 0 Å². The minimum Gasteiger partial charge on any atom is -0.376 e. The van der Waals surface area contributed by atoms with E-state index in [1.165, 1.54) is 0 Å². The fourth-order valence-electron chi connectivity index (χ4n) is 2.48. The Kier molecular flexibility index (Phi) is 4.19. The van der Waals surface area contributed by atoms with Gasteiger partial charge in [-0.1, -0.05) is 0 Å². The van der Waals surface area contributed by atoms with Crippen molar-refractivity contribution >= 4 is 17.3 Å². The van der Waals surface area contributed by atoms with Crippen LogP contribution in [0, 0.1) is 0 Å². The summed E-state index contributed by atoms with van der Waals surface area (Å²) in [5.74, 6) is -3.26. The molecule has 0 aromatic heterocycles. The first kappa shape index (κ1) is 16.9. The number of Topliss-reactive ketones (excluding diaryl/α,β-unsaturated/α-hetero) is 3. The van der Waals surface area contributed by atoms with E-state index in [2.05, 4.69) is 0 Å². The Morgan fingerprint density at radius 1 is 1.05 bits per heavy atom. The Morgan fingerprint density at radius 3 is 1.85 bits per heavy atom. The van der Waals surface area contributed by atoms with E-state index in [-0.39, 0.29) is 0 Å². The molecule has 0 spiro atoms. The van der Waals surface area contributed by atoms with E-state index in [0.717, 1.165) is 27.9 Å². The summed E-state index contributed by atoms with van der Waals surface area (Å²) in [6.07, 6.45) is -1.70. The molecule has 1 rings (SSSR count). The summed E-state index contributed by atoms with van der Waals surface area (Å²) in [5.41, 5.74) is -8.74. The Hall–Kier alpha value is -1.19. The number of ketones is 3. The number of methoxy groups -OCH3 is 1. The van der Waals surface area contributed by atoms with Crippen molar-refractivity contribution in [2.75, 3.05) is 13.7 Å². The summed E-state index contributed by atoms with van der Waals surface area (Å²) in [4.78, 5) is 35.3. The van der Waals surface area contributed by atoms with E-state index in [4.69, 9.17) is 9.47 Å². The molecule has 0 aromatic rings. The van der Waals surface area contributed by atoms with Crippen molar-refractivity contribution in [3.8, 4) is 0 Å². The molecular weight excluding hydrogens is 272 g/mol. The van der Waals surface area contributed by atoms with Crippen LogP contribution in [0.15, 0.2) is 0 Å². The maximum Gasteiger partial charge on any atom is 0.213 e. The molecule has 0 aliphatic carbocycles. The molecule has 1 heterocycles. The van der Waals surface area contributed by atoms with Gasteiger partial charge in [0.25, 0.3) is 0 Å². The molecule has 20 heavy (non-hydrogen) atoms. The van der Waals surface area contributed by atoms with Gasteiger partial charge in [-0.3, -0.25) is 14.4 Å². The van der Waals surface area contributed by atoms with E-state index in [1.54, 1.807) is 0 Å². The summed E-state index contributed by atoms with van der Waals surface area (Å²) >= 11 is 0. The van der Waals surface area contributed by atoms with Gasteiger partial charge < -0.3 is 24.8 Å². The van der Waals surface area contributed by atoms with Crippen LogP contribution in [0.3, 0.4) is 0 Å². The number of aliphatic hydroxyl groups is 3. The number of carbonyl (C=O) groups is 3. The Labute approximate surface area is 115 Å². The normalized spacial score (nSPS) is 41.2. The molecule has 8 nitrogen and oxygen atoms in total. The number of carbonyl (C=O) groups excluding carboxylic acids is 3. The molecule has 1 aliphatic heterocycles. The lowest BCUT2D eigenvalue weighted by atomic mass is 9.63. The van der Waals surface area contributed by atoms with Crippen LogP contribution in [0.4, 0.5) is 0 Å². The Morgan fingerprint density at radius 2 is 1.55 bits per heavy atom. The monoisotopic (exact) mass is 290 g/mol. The van der Waals surface area contributed by atoms with Crippen molar-refractivity contribution < 1.29 is 39.2 Å². The third-order valence-electron chi connectivity index (χ3n) is 3.78. The van der Waals surface area contributed by atoms with E-state index >= 15 is 0 Å². The van der Waals surface area contributed by atoms with Crippen LogP contribution >= 0.6 is 0 Å². The third-order valence-corrected chi connectivity index (χ3v) is 3.78. The molecule has 0 aromatic carbocycles. The zero-order valence-electron chi connectivity index (χ0n) is 11.7. The smallest absolute Gasteiger partial charge is 0.213 e. The van der Waals surface area contributed by atoms with Gasteiger partial charge in [0.2, 0.25) is 11.2 Å². The molecule has 0 saturated carbocycles. The zero-order chi connectivity index (χ0) is 15.9. The molecule has 4 atom stereocenters. The number of rotatable bonds is 4. The quantitative estimate of drug-likeness (QED) is 0.539. The van der Waals surface area contributed by atoms with Crippen molar-refractivity contribution in [3.05, 3.63) is 0 Å². The maximum absolute atomic E-state index is 11.8. The first-order valence-electron chi connectivity index (χ1n) is 5.84. The zero-order valence-corrected chi connectivity index (χ0v) is 11.7. The largest absolute Gasteiger partial charge is 0.376 e. The highest BCUT2D eigenvalue weighted by Crippen LogP contribution is 2.43. The van der Waals surface area contributed by atoms with E-state index in [9.17, 15) is 29.7 Å². The highest BCUT2D eigenvalue weighted by Gasteiger charge is 2.75. The van der Waals surface area contributed by atoms with Crippen molar-refractivity contribution in [1.82, 2.24) is 0 Å². The molecule has 0 bridgehead atoms. The summed E-state index contributed by atoms with van der Waals surface area (Å²) in [6, 6.07) is 0. The molecule has 0 amide bonds. The van der Waals surface area contributed by atoms with Crippen LogP contribution in [-0.2, 0) is 23.9 Å². The number of ether oxygens (including phenoxy) is 2. The van der Waals surface area contributed by atoms with Gasteiger partial charge in [-0.05, 0) is 20.8 Å². The molecule has 8 heteroatoms. The molecule has 1 fully saturated rings. The van der Waals surface area contributed by atoms with Crippen LogP contribution in [0.1, 0.15) is 20.8 Å². The Bertz CT molecular complexity index is 460. The molecule has 0 radical (unpaired) electrons. The van der Waals surface area contributed by atoms with Gasteiger partial charge in [0.15, 0.2) is 29.2 Å². The van der Waals surface area contributed by atoms with E-state index in [1.807, 2.05) is 0 Å². The fourth-order valence-corrected chi connectivity index (χ4v) is 2.48. The number of hydrogen-bond acceptors (Lipinski definition) is 8. The second kappa shape index (κ2) is 4.97. The van der Waals surface area contributed by atoms with Gasteiger partial charge in [-0.2, -0.15) is 0 Å². The highest BCUT2D eigenvalue weighted by atomic mass is 16.7. The van der Waals surface area contributed by atoms with Crippen LogP contribution in [0.5, 0.6) is 0 Å². The average molecular weight is 290 g/mol. The fraction of sp³-hybridized carbons (Fsp3) is 0.750. The third kappa shape index (κ3) is 1.76. The SMILES string of the molecule is CO[C@H]1OC[C@](O)(C(C)=O)[C@](O)(C(C)=O)[C@@]1(O)C(C)=O. The first-order chi connectivity index (χ1) is 9.00. The van der Waals surface area contributed by atoms with Crippen molar-refractivity contribution in [2.45, 2.75) is 43.9 Å². The van der Waals surface area contributed by atoms with Crippen LogP contribution in [0.25, 0.3) is 0 Å². The van der Waals surface area contributed by atoms with Gasteiger partial charge in [-0.15, -0.1) is 0 Å². The van der Waals surface area contributed by atoms with Crippen molar-refractivity contribution in [2.24, 2.45) is 0 Å². The molecule has 1 saturated heterocycles. The predicted molar refractivity (Wildman–Crippen MR) is 63.6 cm³/mol. The van der Waals surface area contributed by atoms with Gasteiger partial charge in [0.05, 0.1) is 6.61 Å². The lowest BCUT2D eigenvalue weighted by molar-refractivity contribution is -0.339. The van der Waals surface area contributed by atoms with Crippen LogP contribution in [-0.4, -0.2) is 69.5 Å². The second-order valence-corrected chi connectivity index (χ2v) is 4.88. The van der Waals surface area contributed by atoms with Gasteiger partial charge in [0.1, 0.15) is 0 Å². The maximum atomic E-state index is 11.8. The lowest BCUT2D eigenvalue weighted by Gasteiger charge is -2.54. The minimum absolute atomic E-state index is 0.799. The van der Waals surface area contributed by atoms with E-state index in [0.29, 0.717) is 0 Å². The van der Waals surface area contributed by atoms with Crippen LogP contribution in [0.2, 0.25) is 0 Å². The highest BCUT2D eigenvalue weighted by molar-refractivity contribution is 6.04. The van der Waals surface area contributed by atoms with Gasteiger partial charge >= 0.3 is 0 Å². The average Bonchev–Trinajstić information content (AvgIpc) is 2.35.